The molecule has 0 saturated heterocycles. The topological polar surface area (TPSA) is 145 Å². The number of aromatic nitrogens is 3. The molecule has 1 N–H and O–H groups in total. The van der Waals surface area contributed by atoms with Gasteiger partial charge in [-0.15, -0.1) is 0 Å². The van der Waals surface area contributed by atoms with E-state index >= 15 is 0 Å². The molecule has 0 fully saturated rings. The molecule has 132 valence electrons. The van der Waals surface area contributed by atoms with Gasteiger partial charge in [0.2, 0.25) is 11.6 Å². The van der Waals surface area contributed by atoms with Gasteiger partial charge in [-0.25, -0.2) is 15.0 Å². The lowest BCUT2D eigenvalue weighted by atomic mass is 10.3. The normalized spacial score (nSPS) is 9.81. The van der Waals surface area contributed by atoms with Crippen molar-refractivity contribution < 1.29 is 4.92 Å². The minimum absolute atomic E-state index is 0.0197. The van der Waals surface area contributed by atoms with E-state index in [9.17, 15) is 10.1 Å². The minimum atomic E-state index is -0.595. The first-order valence-corrected chi connectivity index (χ1v) is 8.23. The Bertz CT molecular complexity index is 841. The molecule has 0 radical (unpaired) electrons. The third-order valence-electron chi connectivity index (χ3n) is 3.25. The molecule has 2 heterocycles. The Morgan fingerprint density at radius 2 is 1.88 bits per heavy atom. The molecular weight excluding hydrogens is 404 g/mol. The van der Waals surface area contributed by atoms with E-state index in [1.54, 1.807) is 18.3 Å². The molecule has 0 saturated carbocycles. The Kier molecular flexibility index (Phi) is 6.76. The van der Waals surface area contributed by atoms with Gasteiger partial charge in [0.15, 0.2) is 0 Å². The van der Waals surface area contributed by atoms with Crippen LogP contribution >= 0.6 is 15.9 Å². The maximum Gasteiger partial charge on any atom is 0.353 e. The Morgan fingerprint density at radius 1 is 1.19 bits per heavy atom. The van der Waals surface area contributed by atoms with Gasteiger partial charge < -0.3 is 10.2 Å². The van der Waals surface area contributed by atoms with E-state index in [2.05, 4.69) is 36.2 Å². The van der Waals surface area contributed by atoms with Crippen molar-refractivity contribution in [2.24, 2.45) is 0 Å². The summed E-state index contributed by atoms with van der Waals surface area (Å²) in [6.45, 7) is 0.429. The average Bonchev–Trinajstić information content (AvgIpc) is 2.63. The fourth-order valence-electron chi connectivity index (χ4n) is 2.13. The van der Waals surface area contributed by atoms with Crippen LogP contribution in [-0.2, 0) is 0 Å². The Hall–Kier alpha value is -3.31. The Labute approximate surface area is 157 Å². The van der Waals surface area contributed by atoms with E-state index in [0.29, 0.717) is 5.82 Å². The molecular formula is C15H13BrN8O2. The van der Waals surface area contributed by atoms with Gasteiger partial charge in [-0.05, 0) is 28.1 Å². The van der Waals surface area contributed by atoms with Gasteiger partial charge in [0.1, 0.15) is 12.1 Å². The molecule has 2 aromatic rings. The van der Waals surface area contributed by atoms with Crippen LogP contribution in [0, 0.1) is 32.8 Å². The molecule has 0 spiro atoms. The molecule has 2 rings (SSSR count). The van der Waals surface area contributed by atoms with Crippen molar-refractivity contribution in [2.75, 3.05) is 23.3 Å². The molecule has 11 heteroatoms. The Morgan fingerprint density at radius 3 is 2.42 bits per heavy atom. The predicted octanol–water partition coefficient (Wildman–Crippen LogP) is 2.92. The van der Waals surface area contributed by atoms with Crippen molar-refractivity contribution in [2.45, 2.75) is 12.8 Å². The van der Waals surface area contributed by atoms with E-state index in [4.69, 9.17) is 10.5 Å². The Balaban J connectivity index is 2.42. The van der Waals surface area contributed by atoms with Crippen molar-refractivity contribution in [3.8, 4) is 12.1 Å². The number of hydrogen-bond acceptors (Lipinski definition) is 9. The lowest BCUT2D eigenvalue weighted by Gasteiger charge is -2.21. The molecule has 0 amide bonds. The van der Waals surface area contributed by atoms with E-state index in [1.807, 2.05) is 12.1 Å². The van der Waals surface area contributed by atoms with Crippen LogP contribution in [0.4, 0.5) is 23.1 Å². The van der Waals surface area contributed by atoms with Crippen molar-refractivity contribution >= 4 is 39.1 Å². The zero-order valence-corrected chi connectivity index (χ0v) is 15.0. The lowest BCUT2D eigenvalue weighted by molar-refractivity contribution is -0.383. The maximum absolute atomic E-state index is 11.6. The first-order valence-electron chi connectivity index (χ1n) is 7.43. The van der Waals surface area contributed by atoms with Crippen molar-refractivity contribution in [1.29, 1.82) is 10.5 Å². The van der Waals surface area contributed by atoms with E-state index in [1.165, 1.54) is 11.2 Å². The van der Waals surface area contributed by atoms with Crippen molar-refractivity contribution in [3.63, 3.8) is 0 Å². The van der Waals surface area contributed by atoms with Gasteiger partial charge in [-0.3, -0.25) is 10.1 Å². The number of rotatable bonds is 8. The van der Waals surface area contributed by atoms with Gasteiger partial charge in [-0.2, -0.15) is 10.5 Å². The second kappa shape index (κ2) is 9.25. The lowest BCUT2D eigenvalue weighted by Crippen LogP contribution is -2.27. The van der Waals surface area contributed by atoms with Gasteiger partial charge >= 0.3 is 5.69 Å². The molecule has 10 nitrogen and oxygen atoms in total. The monoisotopic (exact) mass is 416 g/mol. The van der Waals surface area contributed by atoms with Crippen LogP contribution in [0.5, 0.6) is 0 Å². The third-order valence-corrected chi connectivity index (χ3v) is 3.72. The molecule has 0 bridgehead atoms. The fourth-order valence-corrected chi connectivity index (χ4v) is 2.36. The van der Waals surface area contributed by atoms with Crippen LogP contribution in [0.3, 0.4) is 0 Å². The SMILES string of the molecule is N#CCCN(CCC#N)c1ncnc(Nc2ccc(Br)cn2)c1[N+](=O)[O-]. The fraction of sp³-hybridized carbons (Fsp3) is 0.267. The summed E-state index contributed by atoms with van der Waals surface area (Å²) in [6.07, 6.45) is 3.02. The van der Waals surface area contributed by atoms with Crippen LogP contribution in [0.2, 0.25) is 0 Å². The summed E-state index contributed by atoms with van der Waals surface area (Å²) in [7, 11) is 0. The first kappa shape index (κ1) is 19.0. The molecule has 0 aliphatic carbocycles. The zero-order chi connectivity index (χ0) is 18.9. The van der Waals surface area contributed by atoms with Gasteiger partial charge in [0.05, 0.1) is 29.9 Å². The highest BCUT2D eigenvalue weighted by atomic mass is 79.9. The van der Waals surface area contributed by atoms with Gasteiger partial charge in [0.25, 0.3) is 0 Å². The largest absolute Gasteiger partial charge is 0.353 e. The minimum Gasteiger partial charge on any atom is -0.349 e. The molecule has 26 heavy (non-hydrogen) atoms. The number of nitrogens with zero attached hydrogens (tertiary/aromatic N) is 7. The van der Waals surface area contributed by atoms with Crippen molar-refractivity contribution in [1.82, 2.24) is 15.0 Å². The standard InChI is InChI=1S/C15H13BrN8O2/c16-11-3-4-12(19-9-11)22-14-13(24(25)26)15(21-10-20-14)23(7-1-5-17)8-2-6-18/h3-4,9-10H,1-2,7-8H2,(H,19,20,21,22). The number of halogens is 1. The summed E-state index contributed by atoms with van der Waals surface area (Å²) in [4.78, 5) is 24.6. The quantitative estimate of drug-likeness (QED) is 0.506. The van der Waals surface area contributed by atoms with E-state index in [0.717, 1.165) is 4.47 Å². The number of nitro groups is 1. The van der Waals surface area contributed by atoms with Gasteiger partial charge in [-0.1, -0.05) is 0 Å². The summed E-state index contributed by atoms with van der Waals surface area (Å²) in [6, 6.07) is 7.34. The number of pyridine rings is 1. The van der Waals surface area contributed by atoms with Gasteiger partial charge in [0, 0.05) is 23.8 Å². The summed E-state index contributed by atoms with van der Waals surface area (Å²) in [5, 5.41) is 32.1. The highest BCUT2D eigenvalue weighted by Crippen LogP contribution is 2.33. The highest BCUT2D eigenvalue weighted by Gasteiger charge is 2.27. The van der Waals surface area contributed by atoms with E-state index < -0.39 is 4.92 Å². The summed E-state index contributed by atoms with van der Waals surface area (Å²) >= 11 is 3.26. The number of nitrogens with one attached hydrogen (secondary N) is 1. The van der Waals surface area contributed by atoms with Crippen LogP contribution < -0.4 is 10.2 Å². The summed E-state index contributed by atoms with van der Waals surface area (Å²) < 4.78 is 0.764. The molecule has 0 unspecified atom stereocenters. The maximum atomic E-state index is 11.6. The van der Waals surface area contributed by atoms with Crippen LogP contribution in [0.1, 0.15) is 12.8 Å². The zero-order valence-electron chi connectivity index (χ0n) is 13.5. The molecule has 2 aromatic heterocycles. The van der Waals surface area contributed by atoms with Crippen LogP contribution in [-0.4, -0.2) is 33.0 Å². The molecule has 0 aliphatic rings. The molecule has 0 aromatic carbocycles. The number of hydrogen-bond donors (Lipinski definition) is 1. The predicted molar refractivity (Wildman–Crippen MR) is 96.6 cm³/mol. The summed E-state index contributed by atoms with van der Waals surface area (Å²) in [5.41, 5.74) is -0.340. The summed E-state index contributed by atoms with van der Waals surface area (Å²) in [5.74, 6) is 0.408. The molecule has 0 atom stereocenters. The van der Waals surface area contributed by atoms with Crippen molar-refractivity contribution in [3.05, 3.63) is 39.2 Å². The average molecular weight is 417 g/mol. The first-order chi connectivity index (χ1) is 12.6. The van der Waals surface area contributed by atoms with Crippen LogP contribution in [0.15, 0.2) is 29.1 Å². The second-order valence-corrected chi connectivity index (χ2v) is 5.86. The second-order valence-electron chi connectivity index (χ2n) is 4.94. The van der Waals surface area contributed by atoms with Crippen LogP contribution in [0.25, 0.3) is 0 Å². The third kappa shape index (κ3) is 4.84. The smallest absolute Gasteiger partial charge is 0.349 e. The highest BCUT2D eigenvalue weighted by molar-refractivity contribution is 9.10. The van der Waals surface area contributed by atoms with E-state index in [-0.39, 0.29) is 43.3 Å². The number of nitriles is 2. The number of anilines is 3. The molecule has 0 aliphatic heterocycles.